The fraction of sp³-hybridized carbons (Fsp3) is 0.300. The molecule has 25 heavy (non-hydrogen) atoms. The first kappa shape index (κ1) is 16.1. The quantitative estimate of drug-likeness (QED) is 0.637. The summed E-state index contributed by atoms with van der Waals surface area (Å²) in [4.78, 5) is 11.6. The van der Waals surface area contributed by atoms with Gasteiger partial charge in [0.15, 0.2) is 11.5 Å². The topological polar surface area (TPSA) is 44.2 Å². The van der Waals surface area contributed by atoms with Crippen LogP contribution in [0.15, 0.2) is 24.3 Å². The van der Waals surface area contributed by atoms with Gasteiger partial charge in [-0.3, -0.25) is 0 Å². The lowest BCUT2D eigenvalue weighted by Gasteiger charge is -2.12. The second-order valence-corrected chi connectivity index (χ2v) is 7.21. The Morgan fingerprint density at radius 1 is 1.16 bits per heavy atom. The van der Waals surface area contributed by atoms with Gasteiger partial charge in [0.25, 0.3) is 0 Å². The van der Waals surface area contributed by atoms with Crippen LogP contribution >= 0.6 is 11.3 Å². The molecule has 0 radical (unpaired) electrons. The van der Waals surface area contributed by atoms with E-state index in [1.807, 2.05) is 44.2 Å². The largest absolute Gasteiger partial charge is 0.493 e. The smallest absolute Gasteiger partial charge is 0.231 e. The van der Waals surface area contributed by atoms with E-state index in [0.29, 0.717) is 17.4 Å². The minimum Gasteiger partial charge on any atom is -0.493 e. The molecule has 128 valence electrons. The van der Waals surface area contributed by atoms with Crippen molar-refractivity contribution < 1.29 is 9.47 Å². The van der Waals surface area contributed by atoms with E-state index in [0.717, 1.165) is 34.4 Å². The summed E-state index contributed by atoms with van der Waals surface area (Å²) in [5.74, 6) is 2.74. The number of aryl methyl sites for hydroxylation is 3. The molecule has 5 heteroatoms. The summed E-state index contributed by atoms with van der Waals surface area (Å²) < 4.78 is 11.7. The van der Waals surface area contributed by atoms with Gasteiger partial charge in [-0.05, 0) is 56.4 Å². The molecular weight excluding hydrogens is 332 g/mol. The van der Waals surface area contributed by atoms with Gasteiger partial charge in [-0.1, -0.05) is 18.2 Å². The Bertz CT molecular complexity index is 975. The first-order valence-electron chi connectivity index (χ1n) is 8.47. The average molecular weight is 352 g/mol. The molecule has 0 saturated heterocycles. The molecule has 2 aromatic heterocycles. The van der Waals surface area contributed by atoms with Crippen LogP contribution in [0.1, 0.15) is 35.2 Å². The van der Waals surface area contributed by atoms with E-state index >= 15 is 0 Å². The molecule has 0 fully saturated rings. The number of ether oxygens (including phenoxy) is 2. The van der Waals surface area contributed by atoms with Gasteiger partial charge in [0.2, 0.25) is 5.88 Å². The highest BCUT2D eigenvalue weighted by molar-refractivity contribution is 7.19. The van der Waals surface area contributed by atoms with Crippen LogP contribution < -0.4 is 9.47 Å². The molecule has 0 unspecified atom stereocenters. The van der Waals surface area contributed by atoms with E-state index in [1.165, 1.54) is 16.9 Å². The van der Waals surface area contributed by atoms with E-state index in [4.69, 9.17) is 9.47 Å². The molecule has 0 bridgehead atoms. The molecule has 0 atom stereocenters. The molecule has 1 aromatic carbocycles. The van der Waals surface area contributed by atoms with Crippen molar-refractivity contribution in [1.82, 2.24) is 9.97 Å². The molecule has 4 rings (SSSR count). The molecule has 4 nitrogen and oxygen atoms in total. The van der Waals surface area contributed by atoms with E-state index < -0.39 is 0 Å². The van der Waals surface area contributed by atoms with Gasteiger partial charge in [-0.25, -0.2) is 4.98 Å². The number of allylic oxidation sites excluding steroid dienone is 1. The minimum absolute atomic E-state index is 0.638. The highest BCUT2D eigenvalue weighted by Crippen LogP contribution is 2.42. The lowest BCUT2D eigenvalue weighted by atomic mass is 10.2. The third-order valence-corrected chi connectivity index (χ3v) is 5.58. The summed E-state index contributed by atoms with van der Waals surface area (Å²) in [5, 5.41) is 1.07. The summed E-state index contributed by atoms with van der Waals surface area (Å²) in [5.41, 5.74) is 2.44. The lowest BCUT2D eigenvalue weighted by molar-refractivity contribution is 0.375. The van der Waals surface area contributed by atoms with Crippen LogP contribution in [-0.2, 0) is 12.8 Å². The van der Waals surface area contributed by atoms with Crippen LogP contribution in [0.2, 0.25) is 0 Å². The first-order valence-corrected chi connectivity index (χ1v) is 9.28. The molecule has 0 aliphatic heterocycles. The highest BCUT2D eigenvalue weighted by Gasteiger charge is 2.23. The Hall–Kier alpha value is -2.40. The van der Waals surface area contributed by atoms with Gasteiger partial charge in [0.05, 0.1) is 12.5 Å². The Morgan fingerprint density at radius 3 is 2.84 bits per heavy atom. The third kappa shape index (κ3) is 2.89. The number of aromatic nitrogens is 2. The zero-order valence-corrected chi connectivity index (χ0v) is 15.4. The van der Waals surface area contributed by atoms with Crippen molar-refractivity contribution in [1.29, 1.82) is 0 Å². The zero-order valence-electron chi connectivity index (χ0n) is 14.6. The van der Waals surface area contributed by atoms with Crippen LogP contribution in [0.3, 0.4) is 0 Å². The van der Waals surface area contributed by atoms with Crippen LogP contribution in [0.25, 0.3) is 16.3 Å². The van der Waals surface area contributed by atoms with Gasteiger partial charge in [0.1, 0.15) is 10.7 Å². The number of thiophene rings is 1. The molecule has 3 aromatic rings. The number of nitrogens with zero attached hydrogens (tertiary/aromatic N) is 2. The molecule has 0 saturated carbocycles. The fourth-order valence-electron chi connectivity index (χ4n) is 3.31. The summed E-state index contributed by atoms with van der Waals surface area (Å²) >= 11 is 1.77. The summed E-state index contributed by atoms with van der Waals surface area (Å²) in [6, 6.07) is 5.92. The molecule has 0 spiro atoms. The molecule has 0 amide bonds. The summed E-state index contributed by atoms with van der Waals surface area (Å²) in [6.45, 7) is 3.90. The van der Waals surface area contributed by atoms with E-state index in [-0.39, 0.29) is 0 Å². The highest BCUT2D eigenvalue weighted by atomic mass is 32.1. The standard InChI is InChI=1S/C20H20N2O2S/c1-4-6-13-9-10-15(16(11-13)23-3)24-19-18-14-7-5-8-17(14)25-20(18)22-12(2)21-19/h4,6,9-11H,5,7-8H2,1-3H3/b6-4+. The van der Waals surface area contributed by atoms with Crippen LogP contribution in [-0.4, -0.2) is 17.1 Å². The van der Waals surface area contributed by atoms with Crippen LogP contribution in [0.4, 0.5) is 0 Å². The van der Waals surface area contributed by atoms with Crippen molar-refractivity contribution >= 4 is 27.6 Å². The summed E-state index contributed by atoms with van der Waals surface area (Å²) in [7, 11) is 1.66. The number of fused-ring (bicyclic) bond motifs is 3. The number of rotatable bonds is 4. The monoisotopic (exact) mass is 352 g/mol. The number of benzene rings is 1. The maximum Gasteiger partial charge on any atom is 0.231 e. The predicted molar refractivity (Wildman–Crippen MR) is 102 cm³/mol. The Balaban J connectivity index is 1.81. The van der Waals surface area contributed by atoms with Crippen molar-refractivity contribution in [3.8, 4) is 17.4 Å². The lowest BCUT2D eigenvalue weighted by Crippen LogP contribution is -1.97. The first-order chi connectivity index (χ1) is 12.2. The second kappa shape index (κ2) is 6.48. The second-order valence-electron chi connectivity index (χ2n) is 6.13. The third-order valence-electron chi connectivity index (χ3n) is 4.40. The molecule has 2 heterocycles. The molecule has 1 aliphatic rings. The fourth-order valence-corrected chi connectivity index (χ4v) is 4.60. The van der Waals surface area contributed by atoms with Crippen molar-refractivity contribution in [2.24, 2.45) is 0 Å². The van der Waals surface area contributed by atoms with E-state index in [9.17, 15) is 0 Å². The minimum atomic E-state index is 0.638. The van der Waals surface area contributed by atoms with E-state index in [2.05, 4.69) is 9.97 Å². The summed E-state index contributed by atoms with van der Waals surface area (Å²) in [6.07, 6.45) is 7.45. The molecule has 0 N–H and O–H groups in total. The normalized spacial score (nSPS) is 13.6. The van der Waals surface area contributed by atoms with Gasteiger partial charge < -0.3 is 9.47 Å². The molecule has 1 aliphatic carbocycles. The zero-order chi connectivity index (χ0) is 17.4. The van der Waals surface area contributed by atoms with Crippen LogP contribution in [0.5, 0.6) is 17.4 Å². The number of hydrogen-bond donors (Lipinski definition) is 0. The maximum atomic E-state index is 6.22. The Kier molecular flexibility index (Phi) is 4.17. The molecular formula is C20H20N2O2S. The van der Waals surface area contributed by atoms with Gasteiger partial charge in [-0.15, -0.1) is 11.3 Å². The Morgan fingerprint density at radius 2 is 2.04 bits per heavy atom. The van der Waals surface area contributed by atoms with Crippen molar-refractivity contribution in [3.63, 3.8) is 0 Å². The van der Waals surface area contributed by atoms with Gasteiger partial charge in [-0.2, -0.15) is 4.98 Å². The van der Waals surface area contributed by atoms with Crippen LogP contribution in [0, 0.1) is 6.92 Å². The Labute approximate surface area is 151 Å². The SMILES string of the molecule is C/C=C/c1ccc(Oc2nc(C)nc3sc4c(c23)CCC4)c(OC)c1. The maximum absolute atomic E-state index is 6.22. The average Bonchev–Trinajstić information content (AvgIpc) is 3.16. The van der Waals surface area contributed by atoms with Crippen molar-refractivity contribution in [2.75, 3.05) is 7.11 Å². The van der Waals surface area contributed by atoms with Crippen molar-refractivity contribution in [2.45, 2.75) is 33.1 Å². The van der Waals surface area contributed by atoms with Crippen molar-refractivity contribution in [3.05, 3.63) is 46.1 Å². The van der Waals surface area contributed by atoms with Gasteiger partial charge >= 0.3 is 0 Å². The van der Waals surface area contributed by atoms with Gasteiger partial charge in [0, 0.05) is 4.88 Å². The van der Waals surface area contributed by atoms with E-state index in [1.54, 1.807) is 18.4 Å². The number of hydrogen-bond acceptors (Lipinski definition) is 5. The predicted octanol–water partition coefficient (Wildman–Crippen LogP) is 5.32. The number of methoxy groups -OCH3 is 1.